The van der Waals surface area contributed by atoms with E-state index in [0.29, 0.717) is 12.8 Å². The number of carbonyl (C=O) groups excluding carboxylic acids is 1. The SMILES string of the molecule is O=C(NCC1(C(=O)O)CCCCC1)c1ccc(O)cc1O. The molecule has 2 rings (SSSR count). The molecule has 114 valence electrons. The van der Waals surface area contributed by atoms with Gasteiger partial charge in [-0.15, -0.1) is 0 Å². The van der Waals surface area contributed by atoms with Crippen LogP contribution in [0.4, 0.5) is 0 Å². The van der Waals surface area contributed by atoms with Crippen molar-refractivity contribution in [1.29, 1.82) is 0 Å². The average Bonchev–Trinajstić information content (AvgIpc) is 2.45. The third-order valence-corrected chi connectivity index (χ3v) is 4.08. The molecular weight excluding hydrogens is 274 g/mol. The number of hydrogen-bond acceptors (Lipinski definition) is 4. The van der Waals surface area contributed by atoms with Crippen molar-refractivity contribution >= 4 is 11.9 Å². The monoisotopic (exact) mass is 293 g/mol. The van der Waals surface area contributed by atoms with Crippen molar-refractivity contribution in [2.24, 2.45) is 5.41 Å². The average molecular weight is 293 g/mol. The Hall–Kier alpha value is -2.24. The zero-order valence-corrected chi connectivity index (χ0v) is 11.6. The molecule has 1 fully saturated rings. The second-order valence-corrected chi connectivity index (χ2v) is 5.53. The molecule has 1 saturated carbocycles. The fourth-order valence-corrected chi connectivity index (χ4v) is 2.75. The van der Waals surface area contributed by atoms with Gasteiger partial charge >= 0.3 is 5.97 Å². The molecule has 0 heterocycles. The van der Waals surface area contributed by atoms with Crippen LogP contribution in [0.3, 0.4) is 0 Å². The van der Waals surface area contributed by atoms with Gasteiger partial charge in [-0.2, -0.15) is 0 Å². The Labute approximate surface area is 122 Å². The molecule has 21 heavy (non-hydrogen) atoms. The minimum absolute atomic E-state index is 0.0177. The molecule has 4 N–H and O–H groups in total. The van der Waals surface area contributed by atoms with Crippen molar-refractivity contribution < 1.29 is 24.9 Å². The molecule has 0 aromatic heterocycles. The van der Waals surface area contributed by atoms with Crippen LogP contribution in [0.5, 0.6) is 11.5 Å². The summed E-state index contributed by atoms with van der Waals surface area (Å²) >= 11 is 0. The summed E-state index contributed by atoms with van der Waals surface area (Å²) in [5.74, 6) is -1.91. The number of rotatable bonds is 4. The largest absolute Gasteiger partial charge is 0.508 e. The molecular formula is C15H19NO5. The summed E-state index contributed by atoms with van der Waals surface area (Å²) in [6, 6.07) is 3.67. The second kappa shape index (κ2) is 6.03. The number of amides is 1. The molecule has 0 spiro atoms. The molecule has 0 saturated heterocycles. The summed E-state index contributed by atoms with van der Waals surface area (Å²) in [7, 11) is 0. The Morgan fingerprint density at radius 2 is 1.81 bits per heavy atom. The molecule has 6 nitrogen and oxygen atoms in total. The van der Waals surface area contributed by atoms with Crippen LogP contribution in [0.25, 0.3) is 0 Å². The van der Waals surface area contributed by atoms with E-state index in [2.05, 4.69) is 5.32 Å². The van der Waals surface area contributed by atoms with Crippen LogP contribution >= 0.6 is 0 Å². The molecule has 0 unspecified atom stereocenters. The van der Waals surface area contributed by atoms with Gasteiger partial charge in [0.1, 0.15) is 11.5 Å². The highest BCUT2D eigenvalue weighted by molar-refractivity contribution is 5.97. The van der Waals surface area contributed by atoms with Crippen LogP contribution in [-0.4, -0.2) is 33.7 Å². The van der Waals surface area contributed by atoms with Gasteiger partial charge < -0.3 is 20.6 Å². The van der Waals surface area contributed by atoms with Crippen molar-refractivity contribution in [3.63, 3.8) is 0 Å². The number of carboxylic acids is 1. The van der Waals surface area contributed by atoms with Gasteiger partial charge in [-0.1, -0.05) is 19.3 Å². The fourth-order valence-electron chi connectivity index (χ4n) is 2.75. The predicted molar refractivity (Wildman–Crippen MR) is 75.3 cm³/mol. The van der Waals surface area contributed by atoms with E-state index < -0.39 is 17.3 Å². The van der Waals surface area contributed by atoms with Crippen LogP contribution < -0.4 is 5.32 Å². The van der Waals surface area contributed by atoms with E-state index >= 15 is 0 Å². The maximum absolute atomic E-state index is 12.0. The lowest BCUT2D eigenvalue weighted by Crippen LogP contribution is -2.44. The minimum Gasteiger partial charge on any atom is -0.508 e. The molecule has 6 heteroatoms. The van der Waals surface area contributed by atoms with Gasteiger partial charge in [-0.3, -0.25) is 9.59 Å². The summed E-state index contributed by atoms with van der Waals surface area (Å²) in [5, 5.41) is 30.9. The van der Waals surface area contributed by atoms with E-state index in [9.17, 15) is 24.9 Å². The number of phenolic OH excluding ortho intramolecular Hbond substituents is 2. The number of aromatic hydroxyl groups is 2. The molecule has 1 aromatic carbocycles. The van der Waals surface area contributed by atoms with Gasteiger partial charge in [0.25, 0.3) is 5.91 Å². The molecule has 1 aromatic rings. The summed E-state index contributed by atoms with van der Waals surface area (Å²) in [5.41, 5.74) is -0.898. The van der Waals surface area contributed by atoms with Crippen LogP contribution in [-0.2, 0) is 4.79 Å². The summed E-state index contributed by atoms with van der Waals surface area (Å²) in [6.07, 6.45) is 3.79. The van der Waals surface area contributed by atoms with Gasteiger partial charge in [-0.25, -0.2) is 0 Å². The zero-order chi connectivity index (χ0) is 15.5. The van der Waals surface area contributed by atoms with Gasteiger partial charge in [-0.05, 0) is 25.0 Å². The number of benzene rings is 1. The molecule has 1 amide bonds. The van der Waals surface area contributed by atoms with Gasteiger partial charge in [0.2, 0.25) is 0 Å². The van der Waals surface area contributed by atoms with Crippen molar-refractivity contribution in [1.82, 2.24) is 5.32 Å². The maximum atomic E-state index is 12.0. The Kier molecular flexibility index (Phi) is 4.35. The standard InChI is InChI=1S/C15H19NO5/c17-10-4-5-11(12(18)8-10)13(19)16-9-15(14(20)21)6-2-1-3-7-15/h4-5,8,17-18H,1-3,6-7,9H2,(H,16,19)(H,20,21). The second-order valence-electron chi connectivity index (χ2n) is 5.53. The van der Waals surface area contributed by atoms with Crippen LogP contribution in [0.1, 0.15) is 42.5 Å². The van der Waals surface area contributed by atoms with E-state index in [1.54, 1.807) is 0 Å². The Balaban J connectivity index is 2.07. The smallest absolute Gasteiger partial charge is 0.311 e. The molecule has 1 aliphatic rings. The van der Waals surface area contributed by atoms with Gasteiger partial charge in [0, 0.05) is 12.6 Å². The molecule has 0 bridgehead atoms. The Morgan fingerprint density at radius 1 is 1.14 bits per heavy atom. The zero-order valence-electron chi connectivity index (χ0n) is 11.6. The van der Waals surface area contributed by atoms with E-state index in [4.69, 9.17) is 0 Å². The highest BCUT2D eigenvalue weighted by Crippen LogP contribution is 2.36. The number of phenols is 2. The fraction of sp³-hybridized carbons (Fsp3) is 0.467. The van der Waals surface area contributed by atoms with Crippen molar-refractivity contribution in [2.45, 2.75) is 32.1 Å². The third kappa shape index (κ3) is 3.26. The lowest BCUT2D eigenvalue weighted by Gasteiger charge is -2.33. The van der Waals surface area contributed by atoms with Gasteiger partial charge in [0.05, 0.1) is 11.0 Å². The van der Waals surface area contributed by atoms with Crippen molar-refractivity contribution in [2.75, 3.05) is 6.54 Å². The van der Waals surface area contributed by atoms with E-state index in [1.807, 2.05) is 0 Å². The lowest BCUT2D eigenvalue weighted by atomic mass is 9.74. The number of nitrogens with one attached hydrogen (secondary N) is 1. The third-order valence-electron chi connectivity index (χ3n) is 4.08. The quantitative estimate of drug-likeness (QED) is 0.678. The number of aliphatic carboxylic acids is 1. The topological polar surface area (TPSA) is 107 Å². The lowest BCUT2D eigenvalue weighted by molar-refractivity contribution is -0.150. The molecule has 0 radical (unpaired) electrons. The first-order valence-electron chi connectivity index (χ1n) is 6.98. The van der Waals surface area contributed by atoms with Gasteiger partial charge in [0.15, 0.2) is 0 Å². The Morgan fingerprint density at radius 3 is 2.38 bits per heavy atom. The summed E-state index contributed by atoms with van der Waals surface area (Å²) in [4.78, 5) is 23.5. The van der Waals surface area contributed by atoms with Crippen LogP contribution in [0.15, 0.2) is 18.2 Å². The number of carbonyl (C=O) groups is 2. The van der Waals surface area contributed by atoms with Crippen LogP contribution in [0.2, 0.25) is 0 Å². The maximum Gasteiger partial charge on any atom is 0.311 e. The minimum atomic E-state index is -0.916. The van der Waals surface area contributed by atoms with Crippen molar-refractivity contribution in [3.8, 4) is 11.5 Å². The normalized spacial score (nSPS) is 17.1. The molecule has 0 atom stereocenters. The number of hydrogen-bond donors (Lipinski definition) is 4. The molecule has 1 aliphatic carbocycles. The predicted octanol–water partition coefficient (Wildman–Crippen LogP) is 1.86. The first-order valence-corrected chi connectivity index (χ1v) is 6.98. The first-order chi connectivity index (χ1) is 9.94. The first kappa shape index (κ1) is 15.2. The van der Waals surface area contributed by atoms with E-state index in [0.717, 1.165) is 25.3 Å². The number of carboxylic acid groups (broad SMARTS) is 1. The highest BCUT2D eigenvalue weighted by Gasteiger charge is 2.39. The van der Waals surface area contributed by atoms with E-state index in [1.165, 1.54) is 12.1 Å². The highest BCUT2D eigenvalue weighted by atomic mass is 16.4. The molecule has 0 aliphatic heterocycles. The Bertz CT molecular complexity index is 549. The van der Waals surface area contributed by atoms with Crippen LogP contribution in [0, 0.1) is 5.41 Å². The van der Waals surface area contributed by atoms with E-state index in [-0.39, 0.29) is 23.6 Å². The summed E-state index contributed by atoms with van der Waals surface area (Å²) < 4.78 is 0. The summed E-state index contributed by atoms with van der Waals surface area (Å²) in [6.45, 7) is 0.0431. The van der Waals surface area contributed by atoms with Crippen molar-refractivity contribution in [3.05, 3.63) is 23.8 Å².